The zero-order valence-corrected chi connectivity index (χ0v) is 13.0. The van der Waals surface area contributed by atoms with Crippen LogP contribution in [0.2, 0.25) is 0 Å². The number of ether oxygens (including phenoxy) is 2. The van der Waals surface area contributed by atoms with E-state index >= 15 is 0 Å². The number of hydrogen-bond acceptors (Lipinski definition) is 6. The van der Waals surface area contributed by atoms with Gasteiger partial charge in [0.25, 0.3) is 0 Å². The van der Waals surface area contributed by atoms with E-state index in [1.54, 1.807) is 24.7 Å². The Morgan fingerprint density at radius 3 is 2.87 bits per heavy atom. The molecule has 2 aliphatic heterocycles. The van der Waals surface area contributed by atoms with Crippen molar-refractivity contribution in [3.05, 3.63) is 48.5 Å². The molecule has 2 saturated heterocycles. The molecule has 4 heterocycles. The van der Waals surface area contributed by atoms with Gasteiger partial charge in [0, 0.05) is 57.3 Å². The fraction of sp³-hybridized carbons (Fsp3) is 0.471. The molecule has 0 saturated carbocycles. The largest absolute Gasteiger partial charge is 0.460 e. The van der Waals surface area contributed by atoms with Gasteiger partial charge in [-0.25, -0.2) is 9.97 Å². The first-order valence-electron chi connectivity index (χ1n) is 8.00. The molecular weight excluding hydrogens is 292 g/mol. The van der Waals surface area contributed by atoms with Gasteiger partial charge in [0.05, 0.1) is 12.2 Å². The Hall–Kier alpha value is -2.05. The van der Waals surface area contributed by atoms with Crippen molar-refractivity contribution >= 4 is 0 Å². The fourth-order valence-electron chi connectivity index (χ4n) is 3.43. The number of rotatable bonds is 4. The Bertz CT molecular complexity index is 632. The van der Waals surface area contributed by atoms with Gasteiger partial charge >= 0.3 is 6.01 Å². The molecule has 2 aromatic heterocycles. The summed E-state index contributed by atoms with van der Waals surface area (Å²) < 4.78 is 12.0. The lowest BCUT2D eigenvalue weighted by Crippen LogP contribution is -2.65. The van der Waals surface area contributed by atoms with Crippen molar-refractivity contribution < 1.29 is 9.47 Å². The van der Waals surface area contributed by atoms with E-state index in [-0.39, 0.29) is 11.7 Å². The molecule has 0 bridgehead atoms. The van der Waals surface area contributed by atoms with Gasteiger partial charge in [-0.15, -0.1) is 0 Å². The summed E-state index contributed by atoms with van der Waals surface area (Å²) >= 11 is 0. The number of nitrogens with zero attached hydrogens (tertiary/aromatic N) is 4. The van der Waals surface area contributed by atoms with Crippen molar-refractivity contribution in [1.29, 1.82) is 0 Å². The average Bonchev–Trinajstić information content (AvgIpc) is 2.56. The molecular formula is C17H20N4O2. The summed E-state index contributed by atoms with van der Waals surface area (Å²) in [5.74, 6) is 0. The summed E-state index contributed by atoms with van der Waals surface area (Å²) in [4.78, 5) is 14.8. The Kier molecular flexibility index (Phi) is 3.93. The van der Waals surface area contributed by atoms with Gasteiger partial charge in [0.15, 0.2) is 0 Å². The first-order chi connectivity index (χ1) is 11.3. The quantitative estimate of drug-likeness (QED) is 0.856. The molecule has 0 unspecified atom stereocenters. The second-order valence-electron chi connectivity index (χ2n) is 6.30. The number of pyridine rings is 1. The van der Waals surface area contributed by atoms with Crippen LogP contribution in [0.4, 0.5) is 0 Å². The zero-order valence-electron chi connectivity index (χ0n) is 13.0. The Labute approximate surface area is 135 Å². The maximum absolute atomic E-state index is 6.06. The van der Waals surface area contributed by atoms with Gasteiger partial charge in [-0.3, -0.25) is 9.88 Å². The van der Waals surface area contributed by atoms with Crippen LogP contribution in [-0.2, 0) is 11.3 Å². The predicted molar refractivity (Wildman–Crippen MR) is 83.9 cm³/mol. The van der Waals surface area contributed by atoms with E-state index in [0.717, 1.165) is 39.1 Å². The summed E-state index contributed by atoms with van der Waals surface area (Å²) in [7, 11) is 0. The van der Waals surface area contributed by atoms with Crippen molar-refractivity contribution in [3.63, 3.8) is 0 Å². The fourth-order valence-corrected chi connectivity index (χ4v) is 3.43. The lowest BCUT2D eigenvalue weighted by Gasteiger charge is -2.53. The molecule has 2 fully saturated rings. The maximum Gasteiger partial charge on any atom is 0.316 e. The van der Waals surface area contributed by atoms with Crippen LogP contribution < -0.4 is 4.74 Å². The van der Waals surface area contributed by atoms with Gasteiger partial charge in [-0.1, -0.05) is 6.07 Å². The summed E-state index contributed by atoms with van der Waals surface area (Å²) in [5, 5.41) is 0. The minimum Gasteiger partial charge on any atom is -0.460 e. The lowest BCUT2D eigenvalue weighted by molar-refractivity contribution is -0.188. The van der Waals surface area contributed by atoms with Crippen LogP contribution in [0.5, 0.6) is 6.01 Å². The van der Waals surface area contributed by atoms with Crippen LogP contribution in [0.3, 0.4) is 0 Å². The Balaban J connectivity index is 1.32. The third-order valence-electron chi connectivity index (χ3n) is 4.41. The maximum atomic E-state index is 6.06. The van der Waals surface area contributed by atoms with Crippen LogP contribution in [-0.4, -0.2) is 51.3 Å². The molecule has 1 atom stereocenters. The average molecular weight is 312 g/mol. The summed E-state index contributed by atoms with van der Waals surface area (Å²) in [6.45, 7) is 3.54. The van der Waals surface area contributed by atoms with Crippen LogP contribution >= 0.6 is 0 Å². The zero-order chi connectivity index (χ0) is 15.5. The minimum atomic E-state index is -0.0695. The van der Waals surface area contributed by atoms with Gasteiger partial charge in [0.1, 0.15) is 6.10 Å². The molecule has 0 amide bonds. The van der Waals surface area contributed by atoms with E-state index in [1.165, 1.54) is 5.56 Å². The molecule has 120 valence electrons. The molecule has 2 aliphatic rings. The van der Waals surface area contributed by atoms with Crippen LogP contribution in [0.1, 0.15) is 18.4 Å². The van der Waals surface area contributed by atoms with Crippen molar-refractivity contribution in [1.82, 2.24) is 19.9 Å². The smallest absolute Gasteiger partial charge is 0.316 e. The van der Waals surface area contributed by atoms with Crippen molar-refractivity contribution in [2.24, 2.45) is 0 Å². The van der Waals surface area contributed by atoms with E-state index in [2.05, 4.69) is 25.9 Å². The molecule has 23 heavy (non-hydrogen) atoms. The minimum absolute atomic E-state index is 0.0695. The normalized spacial score (nSPS) is 23.4. The third kappa shape index (κ3) is 3.33. The second kappa shape index (κ2) is 6.22. The van der Waals surface area contributed by atoms with E-state index < -0.39 is 0 Å². The van der Waals surface area contributed by atoms with Gasteiger partial charge in [-0.2, -0.15) is 0 Å². The first kappa shape index (κ1) is 14.5. The highest BCUT2D eigenvalue weighted by molar-refractivity contribution is 5.11. The molecule has 0 radical (unpaired) electrons. The standard InChI is InChI=1S/C17H20N4O2/c1-3-14(10-18-5-1)11-21-12-17(13-21)9-15(4-8-22-17)23-16-19-6-2-7-20-16/h1-3,5-7,10,15H,4,8-9,11-13H2/t15-/m1/s1. The first-order valence-corrected chi connectivity index (χ1v) is 8.00. The Morgan fingerprint density at radius 1 is 1.22 bits per heavy atom. The van der Waals surface area contributed by atoms with Gasteiger partial charge < -0.3 is 9.47 Å². The van der Waals surface area contributed by atoms with Crippen molar-refractivity contribution in [2.75, 3.05) is 19.7 Å². The van der Waals surface area contributed by atoms with E-state index in [4.69, 9.17) is 9.47 Å². The molecule has 0 N–H and O–H groups in total. The SMILES string of the molecule is c1cnc(O[C@@H]2CCOC3(C2)CN(Cc2cccnc2)C3)nc1. The molecule has 0 aliphatic carbocycles. The molecule has 1 spiro atoms. The number of hydrogen-bond donors (Lipinski definition) is 0. The topological polar surface area (TPSA) is 60.4 Å². The number of aromatic nitrogens is 3. The van der Waals surface area contributed by atoms with Crippen molar-refractivity contribution in [2.45, 2.75) is 31.1 Å². The summed E-state index contributed by atoms with van der Waals surface area (Å²) in [6, 6.07) is 6.34. The Morgan fingerprint density at radius 2 is 2.09 bits per heavy atom. The van der Waals surface area contributed by atoms with E-state index in [9.17, 15) is 0 Å². The molecule has 4 rings (SSSR count). The summed E-state index contributed by atoms with van der Waals surface area (Å²) in [6.07, 6.45) is 9.06. The van der Waals surface area contributed by atoms with Crippen LogP contribution in [0, 0.1) is 0 Å². The summed E-state index contributed by atoms with van der Waals surface area (Å²) in [5.41, 5.74) is 1.17. The molecule has 6 heteroatoms. The van der Waals surface area contributed by atoms with Crippen LogP contribution in [0.25, 0.3) is 0 Å². The lowest BCUT2D eigenvalue weighted by atomic mass is 9.84. The highest BCUT2D eigenvalue weighted by Gasteiger charge is 2.48. The highest BCUT2D eigenvalue weighted by atomic mass is 16.5. The van der Waals surface area contributed by atoms with Crippen LogP contribution in [0.15, 0.2) is 43.0 Å². The van der Waals surface area contributed by atoms with E-state index in [0.29, 0.717) is 6.01 Å². The third-order valence-corrected chi connectivity index (χ3v) is 4.41. The monoisotopic (exact) mass is 312 g/mol. The van der Waals surface area contributed by atoms with Crippen molar-refractivity contribution in [3.8, 4) is 6.01 Å². The van der Waals surface area contributed by atoms with E-state index in [1.807, 2.05) is 12.3 Å². The molecule has 0 aromatic carbocycles. The van der Waals surface area contributed by atoms with Gasteiger partial charge in [-0.05, 0) is 17.7 Å². The molecule has 2 aromatic rings. The highest BCUT2D eigenvalue weighted by Crippen LogP contribution is 2.36. The predicted octanol–water partition coefficient (Wildman–Crippen LogP) is 1.68. The number of likely N-dealkylation sites (tertiary alicyclic amines) is 1. The second-order valence-corrected chi connectivity index (χ2v) is 6.30. The molecule has 6 nitrogen and oxygen atoms in total. The van der Waals surface area contributed by atoms with Gasteiger partial charge in [0.2, 0.25) is 0 Å².